The Bertz CT molecular complexity index is 249. The van der Waals surface area contributed by atoms with Gasteiger partial charge in [-0.25, -0.2) is 0 Å². The number of aliphatic hydroxyl groups excluding tert-OH is 1. The molecule has 0 amide bonds. The highest BCUT2D eigenvalue weighted by atomic mass is 16.6. The molecule has 1 rings (SSSR count). The van der Waals surface area contributed by atoms with Crippen LogP contribution in [0, 0.1) is 0 Å². The first-order valence-corrected chi connectivity index (χ1v) is 6.72. The molecule has 1 aliphatic rings. The summed E-state index contributed by atoms with van der Waals surface area (Å²) < 4.78 is 10.2. The molecular weight excluding hydrogens is 234 g/mol. The molecule has 1 aliphatic heterocycles. The standard InChI is InChI=1S/C13H25NO4/c1-4-17-12(15)6-5-7-14(3)11-8-10(2)18-13(16)9-11/h10-11,13,16H,4-9H2,1-3H3/t10-,11?,13-/m1/s1. The number of esters is 1. The van der Waals surface area contributed by atoms with E-state index >= 15 is 0 Å². The zero-order chi connectivity index (χ0) is 13.5. The van der Waals surface area contributed by atoms with Gasteiger partial charge in [-0.2, -0.15) is 0 Å². The van der Waals surface area contributed by atoms with E-state index in [0.717, 1.165) is 19.4 Å². The highest BCUT2D eigenvalue weighted by Crippen LogP contribution is 2.21. The number of hydrogen-bond donors (Lipinski definition) is 1. The molecule has 1 saturated heterocycles. The summed E-state index contributed by atoms with van der Waals surface area (Å²) in [5.41, 5.74) is 0. The Morgan fingerprint density at radius 3 is 2.83 bits per heavy atom. The average Bonchev–Trinajstić information content (AvgIpc) is 2.27. The second-order valence-electron chi connectivity index (χ2n) is 4.92. The lowest BCUT2D eigenvalue weighted by Gasteiger charge is -2.36. The number of aliphatic hydroxyl groups is 1. The number of carbonyl (C=O) groups excluding carboxylic acids is 1. The van der Waals surface area contributed by atoms with Crippen LogP contribution >= 0.6 is 0 Å². The SMILES string of the molecule is CCOC(=O)CCCN(C)C1C[C@@H](C)O[C@@H](O)C1. The van der Waals surface area contributed by atoms with Crippen LogP contribution in [-0.2, 0) is 14.3 Å². The summed E-state index contributed by atoms with van der Waals surface area (Å²) in [5, 5.41) is 9.56. The van der Waals surface area contributed by atoms with Crippen LogP contribution in [-0.4, -0.2) is 54.6 Å². The highest BCUT2D eigenvalue weighted by molar-refractivity contribution is 5.69. The van der Waals surface area contributed by atoms with Gasteiger partial charge < -0.3 is 19.5 Å². The molecule has 106 valence electrons. The highest BCUT2D eigenvalue weighted by Gasteiger charge is 2.28. The minimum absolute atomic E-state index is 0.0891. The van der Waals surface area contributed by atoms with Crippen LogP contribution in [0.1, 0.15) is 39.5 Å². The van der Waals surface area contributed by atoms with Gasteiger partial charge in [0.15, 0.2) is 6.29 Å². The zero-order valence-electron chi connectivity index (χ0n) is 11.6. The summed E-state index contributed by atoms with van der Waals surface area (Å²) in [5.74, 6) is -0.133. The molecule has 0 bridgehead atoms. The molecule has 5 nitrogen and oxygen atoms in total. The molecule has 1 fully saturated rings. The molecule has 1 unspecified atom stereocenters. The van der Waals surface area contributed by atoms with Crippen molar-refractivity contribution in [3.63, 3.8) is 0 Å². The number of ether oxygens (including phenoxy) is 2. The van der Waals surface area contributed by atoms with Crippen molar-refractivity contribution in [2.75, 3.05) is 20.2 Å². The normalized spacial score (nSPS) is 28.4. The largest absolute Gasteiger partial charge is 0.466 e. The van der Waals surface area contributed by atoms with Gasteiger partial charge in [0.2, 0.25) is 0 Å². The topological polar surface area (TPSA) is 59.0 Å². The van der Waals surface area contributed by atoms with Crippen molar-refractivity contribution >= 4 is 5.97 Å². The molecular formula is C13H25NO4. The van der Waals surface area contributed by atoms with E-state index in [0.29, 0.717) is 25.5 Å². The first-order valence-electron chi connectivity index (χ1n) is 6.72. The van der Waals surface area contributed by atoms with E-state index in [4.69, 9.17) is 9.47 Å². The third-order valence-corrected chi connectivity index (χ3v) is 3.29. The minimum atomic E-state index is -0.661. The van der Waals surface area contributed by atoms with E-state index in [1.54, 1.807) is 0 Å². The molecule has 1 heterocycles. The maximum atomic E-state index is 11.2. The Balaban J connectivity index is 2.23. The molecule has 0 aromatic heterocycles. The number of nitrogens with zero attached hydrogens (tertiary/aromatic N) is 1. The van der Waals surface area contributed by atoms with Gasteiger partial charge in [-0.15, -0.1) is 0 Å². The van der Waals surface area contributed by atoms with Gasteiger partial charge >= 0.3 is 5.97 Å². The average molecular weight is 259 g/mol. The van der Waals surface area contributed by atoms with Crippen LogP contribution in [0.15, 0.2) is 0 Å². The Labute approximate surface area is 109 Å². The van der Waals surface area contributed by atoms with Crippen LogP contribution in [0.25, 0.3) is 0 Å². The maximum Gasteiger partial charge on any atom is 0.305 e. The Kier molecular flexibility index (Phi) is 6.60. The molecule has 1 N–H and O–H groups in total. The van der Waals surface area contributed by atoms with Gasteiger partial charge in [-0.1, -0.05) is 0 Å². The zero-order valence-corrected chi connectivity index (χ0v) is 11.6. The summed E-state index contributed by atoms with van der Waals surface area (Å²) in [6.45, 7) is 5.07. The van der Waals surface area contributed by atoms with E-state index in [9.17, 15) is 9.90 Å². The van der Waals surface area contributed by atoms with Gasteiger partial charge in [-0.3, -0.25) is 4.79 Å². The smallest absolute Gasteiger partial charge is 0.305 e. The number of rotatable bonds is 6. The third kappa shape index (κ3) is 5.33. The fraction of sp³-hybridized carbons (Fsp3) is 0.923. The van der Waals surface area contributed by atoms with Gasteiger partial charge in [0.25, 0.3) is 0 Å². The Morgan fingerprint density at radius 2 is 2.22 bits per heavy atom. The van der Waals surface area contributed by atoms with Crippen LogP contribution < -0.4 is 0 Å². The molecule has 5 heteroatoms. The van der Waals surface area contributed by atoms with Crippen LogP contribution in [0.3, 0.4) is 0 Å². The van der Waals surface area contributed by atoms with E-state index in [-0.39, 0.29) is 12.1 Å². The monoisotopic (exact) mass is 259 g/mol. The summed E-state index contributed by atoms with van der Waals surface area (Å²) in [6, 6.07) is 0.325. The summed E-state index contributed by atoms with van der Waals surface area (Å²) in [4.78, 5) is 13.4. The van der Waals surface area contributed by atoms with Gasteiger partial charge in [0.1, 0.15) is 0 Å². The summed E-state index contributed by atoms with van der Waals surface area (Å²) >= 11 is 0. The first kappa shape index (κ1) is 15.4. The molecule has 0 aliphatic carbocycles. The Hall–Kier alpha value is -0.650. The predicted octanol–water partition coefficient (Wildman–Crippen LogP) is 1.15. The summed E-state index contributed by atoms with van der Waals surface area (Å²) in [7, 11) is 2.03. The number of hydrogen-bond acceptors (Lipinski definition) is 5. The van der Waals surface area contributed by atoms with Crippen molar-refractivity contribution in [1.82, 2.24) is 4.90 Å². The van der Waals surface area contributed by atoms with Gasteiger partial charge in [0, 0.05) is 18.9 Å². The van der Waals surface area contributed by atoms with E-state index in [2.05, 4.69) is 4.90 Å². The lowest BCUT2D eigenvalue weighted by atomic mass is 10.0. The minimum Gasteiger partial charge on any atom is -0.466 e. The van der Waals surface area contributed by atoms with Crippen molar-refractivity contribution in [2.24, 2.45) is 0 Å². The maximum absolute atomic E-state index is 11.2. The quantitative estimate of drug-likeness (QED) is 0.725. The second kappa shape index (κ2) is 7.71. The first-order chi connectivity index (χ1) is 8.52. The fourth-order valence-corrected chi connectivity index (χ4v) is 2.34. The van der Waals surface area contributed by atoms with Gasteiger partial charge in [-0.05, 0) is 40.3 Å². The third-order valence-electron chi connectivity index (χ3n) is 3.29. The lowest BCUT2D eigenvalue weighted by molar-refractivity contribution is -0.173. The van der Waals surface area contributed by atoms with Crippen molar-refractivity contribution in [1.29, 1.82) is 0 Å². The van der Waals surface area contributed by atoms with E-state index in [1.807, 2.05) is 20.9 Å². The molecule has 0 aromatic carbocycles. The lowest BCUT2D eigenvalue weighted by Crippen LogP contribution is -2.43. The molecule has 0 spiro atoms. The molecule has 3 atom stereocenters. The van der Waals surface area contributed by atoms with Crippen LogP contribution in [0.4, 0.5) is 0 Å². The second-order valence-corrected chi connectivity index (χ2v) is 4.92. The van der Waals surface area contributed by atoms with Crippen molar-refractivity contribution < 1.29 is 19.4 Å². The van der Waals surface area contributed by atoms with E-state index in [1.165, 1.54) is 0 Å². The van der Waals surface area contributed by atoms with Crippen molar-refractivity contribution in [2.45, 2.75) is 58.0 Å². The van der Waals surface area contributed by atoms with E-state index < -0.39 is 6.29 Å². The van der Waals surface area contributed by atoms with Crippen LogP contribution in [0.5, 0.6) is 0 Å². The number of carbonyl (C=O) groups is 1. The molecule has 0 saturated carbocycles. The molecule has 0 aromatic rings. The Morgan fingerprint density at radius 1 is 1.50 bits per heavy atom. The molecule has 0 radical (unpaired) electrons. The van der Waals surface area contributed by atoms with Crippen LogP contribution in [0.2, 0.25) is 0 Å². The summed E-state index contributed by atoms with van der Waals surface area (Å²) in [6.07, 6.45) is 2.24. The van der Waals surface area contributed by atoms with Gasteiger partial charge in [0.05, 0.1) is 12.7 Å². The van der Waals surface area contributed by atoms with Crippen molar-refractivity contribution in [3.8, 4) is 0 Å². The van der Waals surface area contributed by atoms with Crippen molar-refractivity contribution in [3.05, 3.63) is 0 Å². The molecule has 18 heavy (non-hydrogen) atoms. The fourth-order valence-electron chi connectivity index (χ4n) is 2.34. The predicted molar refractivity (Wildman–Crippen MR) is 68.1 cm³/mol.